The van der Waals surface area contributed by atoms with Gasteiger partial charge in [-0.3, -0.25) is 14.3 Å². The van der Waals surface area contributed by atoms with E-state index in [-0.39, 0.29) is 19.1 Å². The summed E-state index contributed by atoms with van der Waals surface area (Å²) in [5.74, 6) is -0.624. The van der Waals surface area contributed by atoms with Gasteiger partial charge >= 0.3 is 5.97 Å². The summed E-state index contributed by atoms with van der Waals surface area (Å²) in [5.41, 5.74) is 5.96. The van der Waals surface area contributed by atoms with Crippen LogP contribution in [0.2, 0.25) is 0 Å². The van der Waals surface area contributed by atoms with E-state index in [1.165, 1.54) is 17.1 Å². The Morgan fingerprint density at radius 3 is 2.68 bits per heavy atom. The first-order valence-corrected chi connectivity index (χ1v) is 6.36. The van der Waals surface area contributed by atoms with Crippen molar-refractivity contribution in [1.82, 2.24) is 14.7 Å². The number of rotatable bonds is 4. The molecule has 104 valence electrons. The minimum Gasteiger partial charge on any atom is -0.454 e. The molecule has 1 fully saturated rings. The molecule has 2 heterocycles. The number of carbonyl (C=O) groups excluding carboxylic acids is 2. The third-order valence-corrected chi connectivity index (χ3v) is 3.01. The topological polar surface area (TPSA) is 90.5 Å². The lowest BCUT2D eigenvalue weighted by Crippen LogP contribution is -2.38. The Balaban J connectivity index is 1.72. The highest BCUT2D eigenvalue weighted by Crippen LogP contribution is 2.08. The number of carbonyl (C=O) groups is 2. The number of hydrogen-bond donors (Lipinski definition) is 1. The van der Waals surface area contributed by atoms with Gasteiger partial charge in [0.15, 0.2) is 6.61 Å². The molecule has 0 spiro atoms. The summed E-state index contributed by atoms with van der Waals surface area (Å²) < 4.78 is 6.32. The quantitative estimate of drug-likeness (QED) is 0.776. The van der Waals surface area contributed by atoms with Gasteiger partial charge in [0.25, 0.3) is 5.91 Å². The van der Waals surface area contributed by atoms with Crippen LogP contribution in [0.5, 0.6) is 0 Å². The molecule has 1 aliphatic heterocycles. The van der Waals surface area contributed by atoms with Crippen LogP contribution in [0, 0.1) is 0 Å². The van der Waals surface area contributed by atoms with Gasteiger partial charge in [-0.25, -0.2) is 0 Å². The predicted molar refractivity (Wildman–Crippen MR) is 68.0 cm³/mol. The fourth-order valence-electron chi connectivity index (χ4n) is 2.02. The maximum Gasteiger partial charge on any atom is 0.328 e. The molecule has 1 saturated heterocycles. The van der Waals surface area contributed by atoms with Gasteiger partial charge < -0.3 is 15.4 Å². The molecule has 1 aromatic heterocycles. The van der Waals surface area contributed by atoms with E-state index in [1.54, 1.807) is 4.90 Å². The Labute approximate surface area is 111 Å². The molecule has 1 amide bonds. The SMILES string of the molecule is Nc1cnn(CC(=O)OCC(=O)N2CCCCC2)c1. The van der Waals surface area contributed by atoms with Crippen molar-refractivity contribution in [3.8, 4) is 0 Å². The zero-order chi connectivity index (χ0) is 13.7. The minimum atomic E-state index is -0.492. The first-order valence-electron chi connectivity index (χ1n) is 6.36. The third kappa shape index (κ3) is 3.97. The van der Waals surface area contributed by atoms with Crippen molar-refractivity contribution in [2.45, 2.75) is 25.8 Å². The van der Waals surface area contributed by atoms with Crippen LogP contribution in [0.15, 0.2) is 12.4 Å². The molecule has 0 bridgehead atoms. The van der Waals surface area contributed by atoms with Gasteiger partial charge in [-0.05, 0) is 19.3 Å². The summed E-state index contributed by atoms with van der Waals surface area (Å²) in [6.45, 7) is 1.28. The van der Waals surface area contributed by atoms with Crippen LogP contribution in [-0.2, 0) is 20.9 Å². The van der Waals surface area contributed by atoms with E-state index >= 15 is 0 Å². The minimum absolute atomic E-state index is 0.0372. The highest BCUT2D eigenvalue weighted by molar-refractivity contribution is 5.80. The maximum absolute atomic E-state index is 11.8. The Bertz CT molecular complexity index is 452. The molecule has 2 N–H and O–H groups in total. The van der Waals surface area contributed by atoms with E-state index in [1.807, 2.05) is 0 Å². The van der Waals surface area contributed by atoms with Gasteiger partial charge in [0.2, 0.25) is 0 Å². The number of likely N-dealkylation sites (tertiary alicyclic amines) is 1. The molecule has 1 aliphatic rings. The molecule has 2 rings (SSSR count). The number of aromatic nitrogens is 2. The first kappa shape index (κ1) is 13.4. The second kappa shape index (κ2) is 6.21. The largest absolute Gasteiger partial charge is 0.454 e. The summed E-state index contributed by atoms with van der Waals surface area (Å²) in [6.07, 6.45) is 6.18. The smallest absolute Gasteiger partial charge is 0.328 e. The zero-order valence-corrected chi connectivity index (χ0v) is 10.7. The fraction of sp³-hybridized carbons (Fsp3) is 0.583. The molecule has 7 nitrogen and oxygen atoms in total. The number of anilines is 1. The molecule has 0 aliphatic carbocycles. The standard InChI is InChI=1S/C12H18N4O3/c13-10-6-14-16(7-10)8-12(18)19-9-11(17)15-4-2-1-3-5-15/h6-7H,1-5,8-9,13H2. The summed E-state index contributed by atoms with van der Waals surface area (Å²) >= 11 is 0. The molecule has 0 radical (unpaired) electrons. The second-order valence-corrected chi connectivity index (χ2v) is 4.57. The summed E-state index contributed by atoms with van der Waals surface area (Å²) in [4.78, 5) is 25.0. The summed E-state index contributed by atoms with van der Waals surface area (Å²) in [6, 6.07) is 0. The van der Waals surface area contributed by atoms with E-state index in [2.05, 4.69) is 5.10 Å². The van der Waals surface area contributed by atoms with E-state index < -0.39 is 5.97 Å². The molecular weight excluding hydrogens is 248 g/mol. The van der Waals surface area contributed by atoms with Crippen LogP contribution >= 0.6 is 0 Å². The lowest BCUT2D eigenvalue weighted by molar-refractivity contribution is -0.153. The van der Waals surface area contributed by atoms with Crippen molar-refractivity contribution in [3.63, 3.8) is 0 Å². The number of piperidine rings is 1. The van der Waals surface area contributed by atoms with Crippen LogP contribution in [0.3, 0.4) is 0 Å². The van der Waals surface area contributed by atoms with Crippen molar-refractivity contribution in [2.24, 2.45) is 0 Å². The van der Waals surface area contributed by atoms with Crippen LogP contribution in [-0.4, -0.2) is 46.3 Å². The average molecular weight is 266 g/mol. The van der Waals surface area contributed by atoms with Crippen molar-refractivity contribution >= 4 is 17.6 Å². The van der Waals surface area contributed by atoms with Gasteiger partial charge in [0.05, 0.1) is 11.9 Å². The number of amides is 1. The Hall–Kier alpha value is -2.05. The average Bonchev–Trinajstić information content (AvgIpc) is 2.82. The third-order valence-electron chi connectivity index (χ3n) is 3.01. The second-order valence-electron chi connectivity index (χ2n) is 4.57. The number of esters is 1. The number of nitrogen functional groups attached to an aromatic ring is 1. The van der Waals surface area contributed by atoms with Crippen LogP contribution in [0.1, 0.15) is 19.3 Å². The van der Waals surface area contributed by atoms with Crippen molar-refractivity contribution in [2.75, 3.05) is 25.4 Å². The van der Waals surface area contributed by atoms with Gasteiger partial charge in [-0.1, -0.05) is 0 Å². The molecule has 0 unspecified atom stereocenters. The van der Waals surface area contributed by atoms with Crippen molar-refractivity contribution in [1.29, 1.82) is 0 Å². The monoisotopic (exact) mass is 266 g/mol. The van der Waals surface area contributed by atoms with Crippen LogP contribution in [0.4, 0.5) is 5.69 Å². The van der Waals surface area contributed by atoms with Crippen LogP contribution < -0.4 is 5.73 Å². The predicted octanol–water partition coefficient (Wildman–Crippen LogP) is 0.0210. The highest BCUT2D eigenvalue weighted by Gasteiger charge is 2.18. The zero-order valence-electron chi connectivity index (χ0n) is 10.7. The summed E-state index contributed by atoms with van der Waals surface area (Å²) in [5, 5.41) is 3.87. The Kier molecular flexibility index (Phi) is 4.38. The lowest BCUT2D eigenvalue weighted by atomic mass is 10.1. The fourth-order valence-corrected chi connectivity index (χ4v) is 2.02. The van der Waals surface area contributed by atoms with Crippen molar-refractivity contribution in [3.05, 3.63) is 12.4 Å². The molecule has 0 aromatic carbocycles. The molecular formula is C12H18N4O3. The van der Waals surface area contributed by atoms with E-state index in [0.29, 0.717) is 5.69 Å². The van der Waals surface area contributed by atoms with Gasteiger partial charge in [-0.2, -0.15) is 5.10 Å². The number of ether oxygens (including phenoxy) is 1. The van der Waals surface area contributed by atoms with Crippen molar-refractivity contribution < 1.29 is 14.3 Å². The maximum atomic E-state index is 11.8. The van der Waals surface area contributed by atoms with Gasteiger partial charge in [0, 0.05) is 19.3 Å². The van der Waals surface area contributed by atoms with Gasteiger partial charge in [0.1, 0.15) is 6.54 Å². The van der Waals surface area contributed by atoms with E-state index in [9.17, 15) is 9.59 Å². The Morgan fingerprint density at radius 1 is 1.32 bits per heavy atom. The normalized spacial score (nSPS) is 15.3. The molecule has 1 aromatic rings. The molecule has 7 heteroatoms. The number of nitrogens with zero attached hydrogens (tertiary/aromatic N) is 3. The number of nitrogens with two attached hydrogens (primary N) is 1. The first-order chi connectivity index (χ1) is 9.15. The van der Waals surface area contributed by atoms with Gasteiger partial charge in [-0.15, -0.1) is 0 Å². The Morgan fingerprint density at radius 2 is 2.05 bits per heavy atom. The molecule has 0 atom stereocenters. The van der Waals surface area contributed by atoms with E-state index in [0.717, 1.165) is 32.4 Å². The molecule has 0 saturated carbocycles. The lowest BCUT2D eigenvalue weighted by Gasteiger charge is -2.26. The summed E-state index contributed by atoms with van der Waals surface area (Å²) in [7, 11) is 0. The number of hydrogen-bond acceptors (Lipinski definition) is 5. The van der Waals surface area contributed by atoms with Crippen LogP contribution in [0.25, 0.3) is 0 Å². The highest BCUT2D eigenvalue weighted by atomic mass is 16.5. The molecule has 19 heavy (non-hydrogen) atoms. The van der Waals surface area contributed by atoms with E-state index in [4.69, 9.17) is 10.5 Å².